The molecule has 0 aliphatic carbocycles. The number of carbonyl (C=O) groups excluding carboxylic acids is 1. The molecule has 2 aromatic rings. The highest BCUT2D eigenvalue weighted by molar-refractivity contribution is 6.09. The molecule has 0 heterocycles. The Morgan fingerprint density at radius 2 is 2.00 bits per heavy atom. The molecule has 0 aliphatic heterocycles. The van der Waals surface area contributed by atoms with Crippen LogP contribution in [-0.4, -0.2) is 12.5 Å². The van der Waals surface area contributed by atoms with E-state index in [1.54, 1.807) is 42.5 Å². The number of nitriles is 1. The molecule has 0 bridgehead atoms. The van der Waals surface area contributed by atoms with Crippen molar-refractivity contribution in [3.8, 4) is 11.8 Å². The van der Waals surface area contributed by atoms with Gasteiger partial charge in [-0.05, 0) is 43.3 Å². The summed E-state index contributed by atoms with van der Waals surface area (Å²) in [5.74, 6) is 0.102. The van der Waals surface area contributed by atoms with Gasteiger partial charge in [-0.1, -0.05) is 6.07 Å². The average Bonchev–Trinajstić information content (AvgIpc) is 2.48. The molecule has 3 N–H and O–H groups in total. The van der Waals surface area contributed by atoms with E-state index in [2.05, 4.69) is 5.32 Å². The molecule has 1 amide bonds. The molecule has 21 heavy (non-hydrogen) atoms. The summed E-state index contributed by atoms with van der Waals surface area (Å²) in [5, 5.41) is 11.5. The van der Waals surface area contributed by atoms with Gasteiger partial charge in [-0.2, -0.15) is 5.26 Å². The second-order valence-corrected chi connectivity index (χ2v) is 4.30. The fourth-order valence-corrected chi connectivity index (χ4v) is 1.89. The number of nitrogen functional groups attached to an aromatic ring is 1. The van der Waals surface area contributed by atoms with Gasteiger partial charge in [-0.25, -0.2) is 0 Å². The van der Waals surface area contributed by atoms with Crippen LogP contribution in [-0.2, 0) is 0 Å². The number of hydrogen-bond acceptors (Lipinski definition) is 4. The highest BCUT2D eigenvalue weighted by Crippen LogP contribution is 2.25. The molecular weight excluding hydrogens is 266 g/mol. The molecule has 2 aromatic carbocycles. The summed E-state index contributed by atoms with van der Waals surface area (Å²) < 4.78 is 5.43. The van der Waals surface area contributed by atoms with E-state index in [-0.39, 0.29) is 5.91 Å². The minimum Gasteiger partial charge on any atom is -0.493 e. The van der Waals surface area contributed by atoms with Gasteiger partial charge in [0.1, 0.15) is 11.3 Å². The highest BCUT2D eigenvalue weighted by atomic mass is 16.5. The van der Waals surface area contributed by atoms with E-state index in [4.69, 9.17) is 15.7 Å². The Labute approximate surface area is 123 Å². The second kappa shape index (κ2) is 6.44. The molecule has 0 aromatic heterocycles. The Bertz CT molecular complexity index is 688. The third kappa shape index (κ3) is 3.31. The average molecular weight is 281 g/mol. The van der Waals surface area contributed by atoms with Crippen molar-refractivity contribution in [2.75, 3.05) is 17.7 Å². The zero-order valence-corrected chi connectivity index (χ0v) is 11.6. The number of hydrogen-bond donors (Lipinski definition) is 2. The molecule has 0 radical (unpaired) electrons. The van der Waals surface area contributed by atoms with Crippen LogP contribution in [0.15, 0.2) is 42.5 Å². The van der Waals surface area contributed by atoms with Crippen LogP contribution in [0.2, 0.25) is 0 Å². The van der Waals surface area contributed by atoms with Crippen LogP contribution in [0.3, 0.4) is 0 Å². The van der Waals surface area contributed by atoms with Gasteiger partial charge in [0, 0.05) is 11.4 Å². The molecule has 5 heteroatoms. The Kier molecular flexibility index (Phi) is 4.42. The quantitative estimate of drug-likeness (QED) is 0.843. The zero-order valence-electron chi connectivity index (χ0n) is 11.6. The van der Waals surface area contributed by atoms with E-state index in [1.807, 2.05) is 13.0 Å². The molecule has 5 nitrogen and oxygen atoms in total. The molecule has 0 saturated carbocycles. The number of ether oxygens (including phenoxy) is 1. The molecule has 0 atom stereocenters. The first kappa shape index (κ1) is 14.4. The number of rotatable bonds is 4. The number of nitrogens with one attached hydrogen (secondary N) is 1. The number of nitrogens with two attached hydrogens (primary N) is 1. The maximum atomic E-state index is 12.3. The number of benzene rings is 2. The maximum Gasteiger partial charge on any atom is 0.261 e. The predicted molar refractivity (Wildman–Crippen MR) is 81.1 cm³/mol. The van der Waals surface area contributed by atoms with Gasteiger partial charge in [0.15, 0.2) is 0 Å². The van der Waals surface area contributed by atoms with Crippen molar-refractivity contribution >= 4 is 17.3 Å². The number of carbonyl (C=O) groups is 1. The molecule has 0 unspecified atom stereocenters. The van der Waals surface area contributed by atoms with Crippen LogP contribution in [0.25, 0.3) is 0 Å². The third-order valence-electron chi connectivity index (χ3n) is 2.86. The van der Waals surface area contributed by atoms with Crippen molar-refractivity contribution in [1.82, 2.24) is 0 Å². The predicted octanol–water partition coefficient (Wildman–Crippen LogP) is 2.79. The van der Waals surface area contributed by atoms with Crippen LogP contribution in [0.1, 0.15) is 22.8 Å². The number of amides is 1. The summed E-state index contributed by atoms with van der Waals surface area (Å²) in [4.78, 5) is 12.3. The Morgan fingerprint density at radius 1 is 1.29 bits per heavy atom. The summed E-state index contributed by atoms with van der Waals surface area (Å²) in [6, 6.07) is 13.7. The van der Waals surface area contributed by atoms with Crippen molar-refractivity contribution in [1.29, 1.82) is 5.26 Å². The monoisotopic (exact) mass is 281 g/mol. The van der Waals surface area contributed by atoms with Crippen LogP contribution in [0.4, 0.5) is 11.4 Å². The smallest absolute Gasteiger partial charge is 0.261 e. The lowest BCUT2D eigenvalue weighted by atomic mass is 10.1. The minimum absolute atomic E-state index is 0.309. The van der Waals surface area contributed by atoms with Crippen molar-refractivity contribution < 1.29 is 9.53 Å². The SMILES string of the molecule is CCOc1cccc(N)c1C(=O)Nc1ccc(C#N)cc1. The van der Waals surface area contributed by atoms with Crippen LogP contribution in [0, 0.1) is 11.3 Å². The third-order valence-corrected chi connectivity index (χ3v) is 2.86. The van der Waals surface area contributed by atoms with Crippen molar-refractivity contribution in [2.45, 2.75) is 6.92 Å². The molecule has 0 fully saturated rings. The summed E-state index contributed by atoms with van der Waals surface area (Å²) in [6.45, 7) is 2.28. The number of nitrogens with zero attached hydrogens (tertiary/aromatic N) is 1. The maximum absolute atomic E-state index is 12.3. The van der Waals surface area contributed by atoms with Gasteiger partial charge >= 0.3 is 0 Å². The first-order valence-corrected chi connectivity index (χ1v) is 6.48. The summed E-state index contributed by atoms with van der Waals surface area (Å²) in [5.41, 5.74) is 7.65. The largest absolute Gasteiger partial charge is 0.493 e. The second-order valence-electron chi connectivity index (χ2n) is 4.30. The molecule has 0 spiro atoms. The van der Waals surface area contributed by atoms with Gasteiger partial charge < -0.3 is 15.8 Å². The molecule has 2 rings (SSSR count). The first-order valence-electron chi connectivity index (χ1n) is 6.48. The standard InChI is InChI=1S/C16H15N3O2/c1-2-21-14-5-3-4-13(18)15(14)16(20)19-12-8-6-11(10-17)7-9-12/h3-9H,2,18H2,1H3,(H,19,20). The number of anilines is 2. The highest BCUT2D eigenvalue weighted by Gasteiger charge is 2.16. The fraction of sp³-hybridized carbons (Fsp3) is 0.125. The van der Waals surface area contributed by atoms with Gasteiger partial charge in [-0.15, -0.1) is 0 Å². The minimum atomic E-state index is -0.346. The van der Waals surface area contributed by atoms with Crippen LogP contribution >= 0.6 is 0 Å². The molecular formula is C16H15N3O2. The van der Waals surface area contributed by atoms with Gasteiger partial charge in [-0.3, -0.25) is 4.79 Å². The van der Waals surface area contributed by atoms with Crippen molar-refractivity contribution in [3.63, 3.8) is 0 Å². The lowest BCUT2D eigenvalue weighted by Gasteiger charge is -2.12. The normalized spacial score (nSPS) is 9.71. The van der Waals surface area contributed by atoms with Gasteiger partial charge in [0.05, 0.1) is 18.2 Å². The lowest BCUT2D eigenvalue weighted by Crippen LogP contribution is -2.15. The Balaban J connectivity index is 2.25. The lowest BCUT2D eigenvalue weighted by molar-refractivity contribution is 0.102. The molecule has 0 saturated heterocycles. The fourth-order valence-electron chi connectivity index (χ4n) is 1.89. The van der Waals surface area contributed by atoms with Gasteiger partial charge in [0.25, 0.3) is 5.91 Å². The van der Waals surface area contributed by atoms with E-state index in [9.17, 15) is 4.79 Å². The Hall–Kier alpha value is -3.00. The van der Waals surface area contributed by atoms with Crippen molar-refractivity contribution in [2.24, 2.45) is 0 Å². The summed E-state index contributed by atoms with van der Waals surface area (Å²) in [6.07, 6.45) is 0. The van der Waals surface area contributed by atoms with E-state index in [0.29, 0.717) is 34.9 Å². The topological polar surface area (TPSA) is 88.1 Å². The molecule has 0 aliphatic rings. The zero-order chi connectivity index (χ0) is 15.2. The summed E-state index contributed by atoms with van der Waals surface area (Å²) >= 11 is 0. The first-order chi connectivity index (χ1) is 10.2. The summed E-state index contributed by atoms with van der Waals surface area (Å²) in [7, 11) is 0. The van der Waals surface area contributed by atoms with E-state index < -0.39 is 0 Å². The van der Waals surface area contributed by atoms with Crippen LogP contribution in [0.5, 0.6) is 5.75 Å². The van der Waals surface area contributed by atoms with E-state index in [1.165, 1.54) is 0 Å². The van der Waals surface area contributed by atoms with E-state index in [0.717, 1.165) is 0 Å². The van der Waals surface area contributed by atoms with Gasteiger partial charge in [0.2, 0.25) is 0 Å². The van der Waals surface area contributed by atoms with Crippen LogP contribution < -0.4 is 15.8 Å². The molecule has 106 valence electrons. The van der Waals surface area contributed by atoms with Crippen molar-refractivity contribution in [3.05, 3.63) is 53.6 Å². The Morgan fingerprint density at radius 3 is 2.62 bits per heavy atom. The van der Waals surface area contributed by atoms with E-state index >= 15 is 0 Å².